The van der Waals surface area contributed by atoms with Crippen LogP contribution in [0.4, 0.5) is 14.9 Å². The molecule has 1 atom stereocenters. The lowest BCUT2D eigenvalue weighted by atomic mass is 10.1. The lowest BCUT2D eigenvalue weighted by molar-refractivity contribution is -0.118. The van der Waals surface area contributed by atoms with Gasteiger partial charge in [0, 0.05) is 17.6 Å². The van der Waals surface area contributed by atoms with E-state index in [-0.39, 0.29) is 18.3 Å². The molecule has 0 aliphatic rings. The number of hydrogen-bond acceptors (Lipinski definition) is 3. The van der Waals surface area contributed by atoms with Gasteiger partial charge in [0.15, 0.2) is 0 Å². The first-order valence-electron chi connectivity index (χ1n) is 9.08. The van der Waals surface area contributed by atoms with E-state index < -0.39 is 12.1 Å². The maximum Gasteiger partial charge on any atom is 0.315 e. The van der Waals surface area contributed by atoms with Crippen molar-refractivity contribution in [3.8, 4) is 0 Å². The first-order chi connectivity index (χ1) is 13.5. The number of anilines is 1. The van der Waals surface area contributed by atoms with Gasteiger partial charge in [-0.05, 0) is 42.3 Å². The monoisotopic (exact) mass is 383 g/mol. The summed E-state index contributed by atoms with van der Waals surface area (Å²) in [5, 5.41) is 15.9. The van der Waals surface area contributed by atoms with Crippen LogP contribution in [-0.2, 0) is 11.3 Å². The molecular weight excluding hydrogens is 361 g/mol. The summed E-state index contributed by atoms with van der Waals surface area (Å²) in [7, 11) is 0. The van der Waals surface area contributed by atoms with Crippen molar-refractivity contribution in [2.75, 3.05) is 5.32 Å². The number of halogens is 1. The quantitative estimate of drug-likeness (QED) is 0.504. The fourth-order valence-electron chi connectivity index (χ4n) is 2.80. The Morgan fingerprint density at radius 1 is 1.18 bits per heavy atom. The van der Waals surface area contributed by atoms with Crippen molar-refractivity contribution < 1.29 is 14.0 Å². The zero-order valence-electron chi connectivity index (χ0n) is 15.5. The molecule has 0 fully saturated rings. The summed E-state index contributed by atoms with van der Waals surface area (Å²) in [5.41, 5.74) is 2.27. The Labute approximate surface area is 161 Å². The minimum atomic E-state index is -0.668. The molecule has 8 heteroatoms. The Morgan fingerprint density at radius 3 is 2.71 bits per heavy atom. The molecule has 0 aliphatic heterocycles. The summed E-state index contributed by atoms with van der Waals surface area (Å²) in [6.07, 6.45) is 2.91. The molecule has 0 unspecified atom stereocenters. The number of amides is 3. The summed E-state index contributed by atoms with van der Waals surface area (Å²) in [4.78, 5) is 24.8. The molecule has 2 aromatic carbocycles. The molecule has 28 heavy (non-hydrogen) atoms. The number of benzene rings is 2. The van der Waals surface area contributed by atoms with E-state index in [2.05, 4.69) is 26.1 Å². The number of aromatic amines is 1. The van der Waals surface area contributed by atoms with E-state index in [0.717, 1.165) is 22.9 Å². The largest absolute Gasteiger partial charge is 0.334 e. The normalized spacial score (nSPS) is 11.8. The predicted octanol–water partition coefficient (Wildman–Crippen LogP) is 3.31. The Bertz CT molecular complexity index is 955. The predicted molar refractivity (Wildman–Crippen MR) is 105 cm³/mol. The number of fused-ring (bicyclic) bond motifs is 1. The molecule has 0 aliphatic carbocycles. The van der Waals surface area contributed by atoms with Crippen LogP contribution in [-0.4, -0.2) is 28.2 Å². The highest BCUT2D eigenvalue weighted by atomic mass is 19.1. The summed E-state index contributed by atoms with van der Waals surface area (Å²) in [6, 6.07) is 10.1. The molecule has 1 aromatic heterocycles. The molecule has 0 bridgehead atoms. The minimum Gasteiger partial charge on any atom is -0.334 e. The minimum absolute atomic E-state index is 0.240. The standard InChI is InChI=1S/C20H22FN5O2/c1-2-3-18(25-20(28)22-11-13-4-6-15(21)7-5-13)19(27)24-16-8-9-17-14(10-16)12-23-26-17/h4-10,12,18H,2-3,11H2,1H3,(H,23,26)(H,24,27)(H2,22,25,28)/t18-/m1/s1. The SMILES string of the molecule is CCC[C@@H](NC(=O)NCc1ccc(F)cc1)C(=O)Nc1ccc2[nH]ncc2c1. The number of rotatable bonds is 7. The first kappa shape index (κ1) is 19.3. The third kappa shape index (κ3) is 5.06. The molecular formula is C20H22FN5O2. The van der Waals surface area contributed by atoms with Gasteiger partial charge in [0.1, 0.15) is 11.9 Å². The van der Waals surface area contributed by atoms with Gasteiger partial charge in [0.25, 0.3) is 0 Å². The van der Waals surface area contributed by atoms with Gasteiger partial charge in [-0.2, -0.15) is 5.10 Å². The molecule has 3 rings (SSSR count). The van der Waals surface area contributed by atoms with Gasteiger partial charge >= 0.3 is 6.03 Å². The zero-order valence-corrected chi connectivity index (χ0v) is 15.5. The number of nitrogens with zero attached hydrogens (tertiary/aromatic N) is 1. The van der Waals surface area contributed by atoms with Crippen molar-refractivity contribution >= 4 is 28.5 Å². The number of aromatic nitrogens is 2. The van der Waals surface area contributed by atoms with Gasteiger partial charge in [0.2, 0.25) is 5.91 Å². The second kappa shape index (κ2) is 8.98. The topological polar surface area (TPSA) is 98.9 Å². The lowest BCUT2D eigenvalue weighted by Crippen LogP contribution is -2.47. The molecule has 0 spiro atoms. The molecule has 0 radical (unpaired) electrons. The van der Waals surface area contributed by atoms with Gasteiger partial charge in [-0.15, -0.1) is 0 Å². The number of carbonyl (C=O) groups excluding carboxylic acids is 2. The van der Waals surface area contributed by atoms with E-state index >= 15 is 0 Å². The van der Waals surface area contributed by atoms with E-state index in [1.165, 1.54) is 12.1 Å². The maximum atomic E-state index is 12.9. The highest BCUT2D eigenvalue weighted by Gasteiger charge is 2.20. The number of nitrogens with one attached hydrogen (secondary N) is 4. The Morgan fingerprint density at radius 2 is 1.96 bits per heavy atom. The van der Waals surface area contributed by atoms with Crippen molar-refractivity contribution in [1.29, 1.82) is 0 Å². The maximum absolute atomic E-state index is 12.9. The molecule has 146 valence electrons. The smallest absolute Gasteiger partial charge is 0.315 e. The second-order valence-electron chi connectivity index (χ2n) is 6.46. The number of urea groups is 1. The molecule has 7 nitrogen and oxygen atoms in total. The van der Waals surface area contributed by atoms with Crippen molar-refractivity contribution in [3.63, 3.8) is 0 Å². The third-order valence-electron chi connectivity index (χ3n) is 4.27. The van der Waals surface area contributed by atoms with E-state index in [4.69, 9.17) is 0 Å². The van der Waals surface area contributed by atoms with Crippen LogP contribution in [0.5, 0.6) is 0 Å². The van der Waals surface area contributed by atoms with E-state index in [9.17, 15) is 14.0 Å². The first-order valence-corrected chi connectivity index (χ1v) is 9.08. The summed E-state index contributed by atoms with van der Waals surface area (Å²) in [6.45, 7) is 2.18. The third-order valence-corrected chi connectivity index (χ3v) is 4.27. The van der Waals surface area contributed by atoms with E-state index in [0.29, 0.717) is 12.1 Å². The van der Waals surface area contributed by atoms with Gasteiger partial charge in [-0.3, -0.25) is 9.89 Å². The molecule has 0 saturated heterocycles. The number of H-pyrrole nitrogens is 1. The van der Waals surface area contributed by atoms with Crippen LogP contribution < -0.4 is 16.0 Å². The van der Waals surface area contributed by atoms with Crippen LogP contribution in [0, 0.1) is 5.82 Å². The number of carbonyl (C=O) groups is 2. The average Bonchev–Trinajstić information content (AvgIpc) is 3.15. The molecule has 4 N–H and O–H groups in total. The Kier molecular flexibility index (Phi) is 6.21. The highest BCUT2D eigenvalue weighted by molar-refractivity contribution is 5.98. The van der Waals surface area contributed by atoms with Gasteiger partial charge in [0.05, 0.1) is 11.7 Å². The molecule has 1 heterocycles. The Balaban J connectivity index is 1.57. The second-order valence-corrected chi connectivity index (χ2v) is 6.46. The van der Waals surface area contributed by atoms with Crippen molar-refractivity contribution in [1.82, 2.24) is 20.8 Å². The van der Waals surface area contributed by atoms with Crippen LogP contribution in [0.3, 0.4) is 0 Å². The Hall–Kier alpha value is -3.42. The molecule has 3 amide bonds. The highest BCUT2D eigenvalue weighted by Crippen LogP contribution is 2.17. The van der Waals surface area contributed by atoms with Crippen molar-refractivity contribution in [2.45, 2.75) is 32.4 Å². The fraction of sp³-hybridized carbons (Fsp3) is 0.250. The number of hydrogen-bond donors (Lipinski definition) is 4. The van der Waals surface area contributed by atoms with Crippen LogP contribution in [0.15, 0.2) is 48.7 Å². The van der Waals surface area contributed by atoms with Gasteiger partial charge < -0.3 is 16.0 Å². The average molecular weight is 383 g/mol. The van der Waals surface area contributed by atoms with E-state index in [1.54, 1.807) is 24.4 Å². The zero-order chi connectivity index (χ0) is 19.9. The molecule has 3 aromatic rings. The van der Waals surface area contributed by atoms with Crippen molar-refractivity contribution in [3.05, 3.63) is 60.0 Å². The van der Waals surface area contributed by atoms with Crippen LogP contribution in [0.1, 0.15) is 25.3 Å². The van der Waals surface area contributed by atoms with Crippen LogP contribution in [0.2, 0.25) is 0 Å². The lowest BCUT2D eigenvalue weighted by Gasteiger charge is -2.18. The van der Waals surface area contributed by atoms with Crippen LogP contribution >= 0.6 is 0 Å². The van der Waals surface area contributed by atoms with Crippen molar-refractivity contribution in [2.24, 2.45) is 0 Å². The van der Waals surface area contributed by atoms with Crippen LogP contribution in [0.25, 0.3) is 10.9 Å². The van der Waals surface area contributed by atoms with Gasteiger partial charge in [-0.1, -0.05) is 25.5 Å². The van der Waals surface area contributed by atoms with E-state index in [1.807, 2.05) is 19.1 Å². The summed E-state index contributed by atoms with van der Waals surface area (Å²) >= 11 is 0. The summed E-state index contributed by atoms with van der Waals surface area (Å²) < 4.78 is 12.9. The fourth-order valence-corrected chi connectivity index (χ4v) is 2.80. The summed E-state index contributed by atoms with van der Waals surface area (Å²) in [5.74, 6) is -0.622. The molecule has 0 saturated carbocycles. The van der Waals surface area contributed by atoms with Gasteiger partial charge in [-0.25, -0.2) is 9.18 Å².